The number of carbonyl (C=O) groups excluding carboxylic acids is 2. The Bertz CT molecular complexity index is 343. The smallest absolute Gasteiger partial charge is 0.319 e. The lowest BCUT2D eigenvalue weighted by Gasteiger charge is -2.33. The van der Waals surface area contributed by atoms with Crippen molar-refractivity contribution in [1.29, 1.82) is 0 Å². The van der Waals surface area contributed by atoms with E-state index in [4.69, 9.17) is 4.74 Å². The molecular formula is C14H22N2O3. The Morgan fingerprint density at radius 3 is 2.26 bits per heavy atom. The number of hydrogen-bond acceptors (Lipinski definition) is 3. The normalized spacial score (nSPS) is 20.4. The quantitative estimate of drug-likeness (QED) is 0.576. The number of nitrogens with zero attached hydrogens (tertiary/aromatic N) is 2. The second kappa shape index (κ2) is 6.59. The number of urea groups is 1. The average molecular weight is 266 g/mol. The van der Waals surface area contributed by atoms with Gasteiger partial charge in [0.15, 0.2) is 0 Å². The molecule has 0 bridgehead atoms. The summed E-state index contributed by atoms with van der Waals surface area (Å²) in [6.07, 6.45) is 5.20. The minimum Gasteiger partial charge on any atom is -0.461 e. The molecule has 0 saturated carbocycles. The van der Waals surface area contributed by atoms with Gasteiger partial charge in [0.05, 0.1) is 5.92 Å². The van der Waals surface area contributed by atoms with Crippen molar-refractivity contribution in [2.45, 2.75) is 25.7 Å². The third-order valence-corrected chi connectivity index (χ3v) is 3.82. The van der Waals surface area contributed by atoms with E-state index in [9.17, 15) is 9.59 Å². The van der Waals surface area contributed by atoms with Gasteiger partial charge < -0.3 is 14.5 Å². The van der Waals surface area contributed by atoms with Gasteiger partial charge in [-0.1, -0.05) is 12.7 Å². The molecule has 2 aliphatic heterocycles. The highest BCUT2D eigenvalue weighted by Gasteiger charge is 2.30. The highest BCUT2D eigenvalue weighted by molar-refractivity contribution is 5.76. The van der Waals surface area contributed by atoms with Crippen molar-refractivity contribution < 1.29 is 14.3 Å². The third-order valence-electron chi connectivity index (χ3n) is 3.82. The minimum atomic E-state index is -0.159. The molecule has 0 atom stereocenters. The van der Waals surface area contributed by atoms with Crippen molar-refractivity contribution in [2.24, 2.45) is 5.92 Å². The molecule has 0 radical (unpaired) electrons. The number of hydrogen-bond donors (Lipinski definition) is 0. The fourth-order valence-corrected chi connectivity index (χ4v) is 2.67. The van der Waals surface area contributed by atoms with Crippen molar-refractivity contribution in [3.05, 3.63) is 12.7 Å². The molecule has 0 aliphatic carbocycles. The molecule has 0 N–H and O–H groups in total. The van der Waals surface area contributed by atoms with Gasteiger partial charge in [0.1, 0.15) is 6.61 Å². The van der Waals surface area contributed by atoms with Crippen LogP contribution in [-0.4, -0.2) is 54.6 Å². The lowest BCUT2D eigenvalue weighted by Crippen LogP contribution is -2.46. The molecule has 0 spiro atoms. The van der Waals surface area contributed by atoms with Crippen LogP contribution in [0.15, 0.2) is 12.7 Å². The molecule has 2 amide bonds. The van der Waals surface area contributed by atoms with E-state index in [-0.39, 0.29) is 24.5 Å². The van der Waals surface area contributed by atoms with Crippen LogP contribution in [0.1, 0.15) is 25.7 Å². The van der Waals surface area contributed by atoms with Gasteiger partial charge in [0.25, 0.3) is 0 Å². The zero-order valence-electron chi connectivity index (χ0n) is 11.3. The summed E-state index contributed by atoms with van der Waals surface area (Å²) in [6, 6.07) is 0.135. The Balaban J connectivity index is 1.76. The Labute approximate surface area is 114 Å². The lowest BCUT2D eigenvalue weighted by atomic mass is 9.97. The Kier molecular flexibility index (Phi) is 4.82. The van der Waals surface area contributed by atoms with Crippen LogP contribution in [0.2, 0.25) is 0 Å². The summed E-state index contributed by atoms with van der Waals surface area (Å²) in [6.45, 7) is 6.85. The van der Waals surface area contributed by atoms with Crippen LogP contribution in [0.4, 0.5) is 4.79 Å². The Morgan fingerprint density at radius 2 is 1.68 bits per heavy atom. The van der Waals surface area contributed by atoms with Crippen LogP contribution >= 0.6 is 0 Å². The van der Waals surface area contributed by atoms with Gasteiger partial charge in [-0.25, -0.2) is 4.79 Å². The maximum Gasteiger partial charge on any atom is 0.319 e. The first-order valence-electron chi connectivity index (χ1n) is 7.03. The summed E-state index contributed by atoms with van der Waals surface area (Å²) < 4.78 is 5.06. The maximum absolute atomic E-state index is 12.2. The van der Waals surface area contributed by atoms with Gasteiger partial charge in [-0.3, -0.25) is 4.79 Å². The summed E-state index contributed by atoms with van der Waals surface area (Å²) in [5.41, 5.74) is 0. The molecule has 0 aromatic carbocycles. The zero-order valence-corrected chi connectivity index (χ0v) is 11.3. The summed E-state index contributed by atoms with van der Waals surface area (Å²) >= 11 is 0. The SMILES string of the molecule is C=CCOC(=O)C1CCN(C(=O)N2CCCC2)CC1. The summed E-state index contributed by atoms with van der Waals surface area (Å²) in [4.78, 5) is 27.7. The van der Waals surface area contributed by atoms with Crippen molar-refractivity contribution in [1.82, 2.24) is 9.80 Å². The van der Waals surface area contributed by atoms with E-state index in [1.807, 2.05) is 9.80 Å². The fourth-order valence-electron chi connectivity index (χ4n) is 2.67. The molecule has 2 aliphatic rings. The molecule has 0 aromatic rings. The second-order valence-electron chi connectivity index (χ2n) is 5.16. The van der Waals surface area contributed by atoms with Crippen molar-refractivity contribution >= 4 is 12.0 Å². The molecule has 5 heteroatoms. The molecule has 0 aromatic heterocycles. The molecule has 2 fully saturated rings. The van der Waals surface area contributed by atoms with Gasteiger partial charge in [-0.05, 0) is 25.7 Å². The number of amides is 2. The van der Waals surface area contributed by atoms with Crippen LogP contribution in [0, 0.1) is 5.92 Å². The number of carbonyl (C=O) groups is 2. The predicted octanol–water partition coefficient (Wildman–Crippen LogP) is 1.64. The molecule has 2 heterocycles. The van der Waals surface area contributed by atoms with E-state index in [1.54, 1.807) is 6.08 Å². The van der Waals surface area contributed by atoms with Crippen LogP contribution in [0.25, 0.3) is 0 Å². The van der Waals surface area contributed by atoms with Crippen LogP contribution < -0.4 is 0 Å². The molecule has 2 rings (SSSR count). The van der Waals surface area contributed by atoms with E-state index in [1.165, 1.54) is 0 Å². The van der Waals surface area contributed by atoms with Gasteiger partial charge >= 0.3 is 12.0 Å². The number of piperidine rings is 1. The topological polar surface area (TPSA) is 49.9 Å². The molecular weight excluding hydrogens is 244 g/mol. The van der Waals surface area contributed by atoms with E-state index < -0.39 is 0 Å². The first kappa shape index (κ1) is 13.9. The van der Waals surface area contributed by atoms with Gasteiger partial charge in [-0.2, -0.15) is 0 Å². The monoisotopic (exact) mass is 266 g/mol. The van der Waals surface area contributed by atoms with Gasteiger partial charge in [0, 0.05) is 26.2 Å². The number of likely N-dealkylation sites (tertiary alicyclic amines) is 2. The molecule has 5 nitrogen and oxygen atoms in total. The predicted molar refractivity (Wildman–Crippen MR) is 71.7 cm³/mol. The first-order chi connectivity index (χ1) is 9.22. The van der Waals surface area contributed by atoms with E-state index in [2.05, 4.69) is 6.58 Å². The standard InChI is InChI=1S/C14H22N2O3/c1-2-11-19-13(17)12-5-9-16(10-6-12)14(18)15-7-3-4-8-15/h2,12H,1,3-11H2. The summed E-state index contributed by atoms with van der Waals surface area (Å²) in [5.74, 6) is -0.226. The van der Waals surface area contributed by atoms with Crippen LogP contribution in [-0.2, 0) is 9.53 Å². The van der Waals surface area contributed by atoms with Gasteiger partial charge in [-0.15, -0.1) is 0 Å². The molecule has 2 saturated heterocycles. The largest absolute Gasteiger partial charge is 0.461 e. The highest BCUT2D eigenvalue weighted by Crippen LogP contribution is 2.21. The first-order valence-corrected chi connectivity index (χ1v) is 7.03. The summed E-state index contributed by atoms with van der Waals surface area (Å²) in [5, 5.41) is 0. The van der Waals surface area contributed by atoms with E-state index in [0.717, 1.165) is 25.9 Å². The number of esters is 1. The molecule has 106 valence electrons. The van der Waals surface area contributed by atoms with Crippen molar-refractivity contribution in [2.75, 3.05) is 32.8 Å². The molecule has 0 unspecified atom stereocenters. The number of rotatable bonds is 3. The van der Waals surface area contributed by atoms with Crippen molar-refractivity contribution in [3.8, 4) is 0 Å². The number of ether oxygens (including phenoxy) is 1. The minimum absolute atomic E-state index is 0.0671. The fraction of sp³-hybridized carbons (Fsp3) is 0.714. The van der Waals surface area contributed by atoms with Crippen LogP contribution in [0.5, 0.6) is 0 Å². The Morgan fingerprint density at radius 1 is 1.11 bits per heavy atom. The van der Waals surface area contributed by atoms with E-state index >= 15 is 0 Å². The van der Waals surface area contributed by atoms with Gasteiger partial charge in [0.2, 0.25) is 0 Å². The summed E-state index contributed by atoms with van der Waals surface area (Å²) in [7, 11) is 0. The third kappa shape index (κ3) is 3.49. The van der Waals surface area contributed by atoms with Crippen molar-refractivity contribution in [3.63, 3.8) is 0 Å². The Hall–Kier alpha value is -1.52. The molecule has 19 heavy (non-hydrogen) atoms. The maximum atomic E-state index is 12.2. The zero-order chi connectivity index (χ0) is 13.7. The lowest BCUT2D eigenvalue weighted by molar-refractivity contribution is -0.148. The van der Waals surface area contributed by atoms with E-state index in [0.29, 0.717) is 25.9 Å². The average Bonchev–Trinajstić information content (AvgIpc) is 2.98. The van der Waals surface area contributed by atoms with Crippen LogP contribution in [0.3, 0.4) is 0 Å². The highest BCUT2D eigenvalue weighted by atomic mass is 16.5. The second-order valence-corrected chi connectivity index (χ2v) is 5.16.